The average Bonchev–Trinajstić information content (AvgIpc) is 2.27. The molecule has 1 atom stereocenters. The summed E-state index contributed by atoms with van der Waals surface area (Å²) in [5, 5.41) is 0. The molecule has 1 aromatic rings. The molecule has 0 aromatic carbocycles. The zero-order valence-electron chi connectivity index (χ0n) is 9.09. The summed E-state index contributed by atoms with van der Waals surface area (Å²) in [6.45, 7) is 1.70. The summed E-state index contributed by atoms with van der Waals surface area (Å²) in [5.74, 6) is -0.585. The normalized spacial score (nSPS) is 13.5. The van der Waals surface area contributed by atoms with Crippen LogP contribution in [0.15, 0.2) is 18.3 Å². The van der Waals surface area contributed by atoms with Gasteiger partial charge in [0, 0.05) is 18.5 Å². The summed E-state index contributed by atoms with van der Waals surface area (Å²) in [7, 11) is 0. The standard InChI is InChI=1S/C11H11ClF3NO/c1-7(6-12)5-9(17)10-8(11(13,14)15)3-2-4-16-10/h2-4,7H,5-6H2,1H3. The van der Waals surface area contributed by atoms with Crippen molar-refractivity contribution in [1.82, 2.24) is 4.98 Å². The number of hydrogen-bond donors (Lipinski definition) is 0. The van der Waals surface area contributed by atoms with Crippen LogP contribution in [-0.4, -0.2) is 16.6 Å². The molecular formula is C11H11ClF3NO. The average molecular weight is 266 g/mol. The maximum Gasteiger partial charge on any atom is 0.418 e. The number of nitrogens with zero attached hydrogens (tertiary/aromatic N) is 1. The molecule has 0 aliphatic rings. The number of carbonyl (C=O) groups excluding carboxylic acids is 1. The van der Waals surface area contributed by atoms with Crippen molar-refractivity contribution >= 4 is 17.4 Å². The first-order valence-electron chi connectivity index (χ1n) is 4.97. The number of pyridine rings is 1. The molecule has 1 heterocycles. The van der Waals surface area contributed by atoms with Crippen LogP contribution in [0.2, 0.25) is 0 Å². The second kappa shape index (κ2) is 5.49. The number of alkyl halides is 4. The monoisotopic (exact) mass is 265 g/mol. The van der Waals surface area contributed by atoms with Gasteiger partial charge in [-0.3, -0.25) is 9.78 Å². The molecule has 1 rings (SSSR count). The Morgan fingerprint density at radius 2 is 2.18 bits per heavy atom. The van der Waals surface area contributed by atoms with Crippen molar-refractivity contribution in [2.24, 2.45) is 5.92 Å². The molecule has 6 heteroatoms. The first-order valence-corrected chi connectivity index (χ1v) is 5.51. The molecule has 1 unspecified atom stereocenters. The van der Waals surface area contributed by atoms with Gasteiger partial charge in [-0.1, -0.05) is 6.92 Å². The second-order valence-electron chi connectivity index (χ2n) is 3.78. The fourth-order valence-corrected chi connectivity index (χ4v) is 1.43. The summed E-state index contributed by atoms with van der Waals surface area (Å²) < 4.78 is 37.8. The number of hydrogen-bond acceptors (Lipinski definition) is 2. The van der Waals surface area contributed by atoms with Crippen molar-refractivity contribution in [3.05, 3.63) is 29.6 Å². The third kappa shape index (κ3) is 3.70. The van der Waals surface area contributed by atoms with Crippen LogP contribution in [0.1, 0.15) is 29.4 Å². The number of aromatic nitrogens is 1. The lowest BCUT2D eigenvalue weighted by Crippen LogP contribution is -2.16. The van der Waals surface area contributed by atoms with E-state index in [1.807, 2.05) is 0 Å². The molecule has 0 aliphatic heterocycles. The molecule has 1 aromatic heterocycles. The number of rotatable bonds is 4. The van der Waals surface area contributed by atoms with Gasteiger partial charge in [-0.2, -0.15) is 13.2 Å². The maximum absolute atomic E-state index is 12.6. The van der Waals surface area contributed by atoms with Crippen molar-refractivity contribution in [2.45, 2.75) is 19.5 Å². The van der Waals surface area contributed by atoms with Crippen molar-refractivity contribution < 1.29 is 18.0 Å². The molecule has 0 N–H and O–H groups in total. The van der Waals surface area contributed by atoms with Crippen LogP contribution < -0.4 is 0 Å². The van der Waals surface area contributed by atoms with Crippen molar-refractivity contribution in [3.8, 4) is 0 Å². The zero-order chi connectivity index (χ0) is 13.1. The zero-order valence-corrected chi connectivity index (χ0v) is 9.85. The Labute approximate surface area is 102 Å². The minimum Gasteiger partial charge on any atom is -0.292 e. The molecule has 2 nitrogen and oxygen atoms in total. The van der Waals surface area contributed by atoms with E-state index in [0.717, 1.165) is 12.1 Å². The third-order valence-corrected chi connectivity index (χ3v) is 2.70. The highest BCUT2D eigenvalue weighted by Crippen LogP contribution is 2.31. The van der Waals surface area contributed by atoms with Gasteiger partial charge < -0.3 is 0 Å². The molecule has 0 fully saturated rings. The van der Waals surface area contributed by atoms with E-state index in [2.05, 4.69) is 4.98 Å². The molecule has 0 bridgehead atoms. The van der Waals surface area contributed by atoms with Crippen LogP contribution in [0, 0.1) is 5.92 Å². The molecule has 0 aliphatic carbocycles. The molecule has 0 amide bonds. The van der Waals surface area contributed by atoms with Gasteiger partial charge in [-0.15, -0.1) is 11.6 Å². The van der Waals surface area contributed by atoms with Crippen LogP contribution in [-0.2, 0) is 6.18 Å². The first kappa shape index (κ1) is 14.0. The van der Waals surface area contributed by atoms with Gasteiger partial charge in [0.05, 0.1) is 5.56 Å². The minimum absolute atomic E-state index is 0.0381. The Morgan fingerprint density at radius 1 is 1.53 bits per heavy atom. The van der Waals surface area contributed by atoms with E-state index in [4.69, 9.17) is 11.6 Å². The lowest BCUT2D eigenvalue weighted by Gasteiger charge is -2.12. The summed E-state index contributed by atoms with van der Waals surface area (Å²) in [5.41, 5.74) is -1.52. The fraction of sp³-hybridized carbons (Fsp3) is 0.455. The smallest absolute Gasteiger partial charge is 0.292 e. The van der Waals surface area contributed by atoms with Gasteiger partial charge in [0.2, 0.25) is 0 Å². The SMILES string of the molecule is CC(CCl)CC(=O)c1ncccc1C(F)(F)F. The Morgan fingerprint density at radius 3 is 2.71 bits per heavy atom. The number of ketones is 1. The Bertz CT molecular complexity index is 406. The summed E-state index contributed by atoms with van der Waals surface area (Å²) >= 11 is 5.52. The largest absolute Gasteiger partial charge is 0.418 e. The Kier molecular flexibility index (Phi) is 4.51. The van der Waals surface area contributed by atoms with Gasteiger partial charge in [0.25, 0.3) is 0 Å². The highest BCUT2D eigenvalue weighted by atomic mass is 35.5. The van der Waals surface area contributed by atoms with Gasteiger partial charge in [-0.05, 0) is 18.1 Å². The van der Waals surface area contributed by atoms with E-state index in [0.29, 0.717) is 0 Å². The van der Waals surface area contributed by atoms with Crippen molar-refractivity contribution in [1.29, 1.82) is 0 Å². The topological polar surface area (TPSA) is 30.0 Å². The van der Waals surface area contributed by atoms with E-state index in [-0.39, 0.29) is 18.2 Å². The molecule has 0 spiro atoms. The summed E-state index contributed by atoms with van der Waals surface area (Å²) in [6.07, 6.45) is -3.43. The van der Waals surface area contributed by atoms with Crippen LogP contribution in [0.5, 0.6) is 0 Å². The molecule has 17 heavy (non-hydrogen) atoms. The van der Waals surface area contributed by atoms with Gasteiger partial charge in [0.1, 0.15) is 5.69 Å². The predicted octanol–water partition coefficient (Wildman–Crippen LogP) is 3.55. The molecule has 0 saturated carbocycles. The highest BCUT2D eigenvalue weighted by molar-refractivity contribution is 6.18. The highest BCUT2D eigenvalue weighted by Gasteiger charge is 2.35. The van der Waals surface area contributed by atoms with Crippen LogP contribution in [0.3, 0.4) is 0 Å². The summed E-state index contributed by atoms with van der Waals surface area (Å²) in [6, 6.07) is 2.01. The molecule has 0 saturated heterocycles. The second-order valence-corrected chi connectivity index (χ2v) is 4.09. The van der Waals surface area contributed by atoms with Crippen LogP contribution in [0.25, 0.3) is 0 Å². The lowest BCUT2D eigenvalue weighted by atomic mass is 10.0. The molecule has 0 radical (unpaired) electrons. The van der Waals surface area contributed by atoms with E-state index in [9.17, 15) is 18.0 Å². The van der Waals surface area contributed by atoms with E-state index in [1.165, 1.54) is 6.20 Å². The quantitative estimate of drug-likeness (QED) is 0.616. The minimum atomic E-state index is -4.57. The van der Waals surface area contributed by atoms with Crippen LogP contribution in [0.4, 0.5) is 13.2 Å². The van der Waals surface area contributed by atoms with Crippen molar-refractivity contribution in [3.63, 3.8) is 0 Å². The Hall–Kier alpha value is -1.10. The fourth-order valence-electron chi connectivity index (χ4n) is 1.32. The van der Waals surface area contributed by atoms with Crippen LogP contribution >= 0.6 is 11.6 Å². The number of halogens is 4. The maximum atomic E-state index is 12.6. The van der Waals surface area contributed by atoms with Crippen molar-refractivity contribution in [2.75, 3.05) is 5.88 Å². The number of carbonyl (C=O) groups is 1. The van der Waals surface area contributed by atoms with Gasteiger partial charge in [0.15, 0.2) is 5.78 Å². The number of Topliss-reactive ketones (excluding diaryl/α,β-unsaturated/α-hetero) is 1. The molecular weight excluding hydrogens is 255 g/mol. The molecule has 94 valence electrons. The van der Waals surface area contributed by atoms with E-state index >= 15 is 0 Å². The predicted molar refractivity (Wildman–Crippen MR) is 58.1 cm³/mol. The third-order valence-electron chi connectivity index (χ3n) is 2.17. The van der Waals surface area contributed by atoms with Gasteiger partial charge >= 0.3 is 6.18 Å². The van der Waals surface area contributed by atoms with Gasteiger partial charge in [-0.25, -0.2) is 0 Å². The van der Waals surface area contributed by atoms with E-state index < -0.39 is 23.2 Å². The Balaban J connectivity index is 3.02. The lowest BCUT2D eigenvalue weighted by molar-refractivity contribution is -0.138. The first-order chi connectivity index (χ1) is 7.86. The van der Waals surface area contributed by atoms with E-state index in [1.54, 1.807) is 6.92 Å². The summed E-state index contributed by atoms with van der Waals surface area (Å²) in [4.78, 5) is 15.2.